The highest BCUT2D eigenvalue weighted by molar-refractivity contribution is 7.13. The zero-order valence-electron chi connectivity index (χ0n) is 18.9. The number of alkyl carbamates (subject to hydrolysis) is 1. The molecule has 8 nitrogen and oxygen atoms in total. The van der Waals surface area contributed by atoms with E-state index in [1.165, 1.54) is 17.3 Å². The maximum atomic E-state index is 12.5. The van der Waals surface area contributed by atoms with Crippen LogP contribution in [0.25, 0.3) is 11.1 Å². The van der Waals surface area contributed by atoms with Crippen LogP contribution in [0.4, 0.5) is 4.79 Å². The second kappa shape index (κ2) is 9.87. The summed E-state index contributed by atoms with van der Waals surface area (Å²) in [7, 11) is 0. The highest BCUT2D eigenvalue weighted by Gasteiger charge is 2.32. The molecule has 1 aromatic heterocycles. The van der Waals surface area contributed by atoms with Crippen molar-refractivity contribution in [2.75, 3.05) is 6.61 Å². The van der Waals surface area contributed by atoms with Crippen LogP contribution in [0.2, 0.25) is 0 Å². The standard InChI is InChI=1S/C26H25N3O5S/c30-24(28-13-23-27-12-22(35-23)25(31)32)15-9-10-16(11-15)29-26(33)34-14-21-19-7-3-1-5-17(19)18-6-2-4-8-20(18)21/h1-8,12,15-16,21H,9-11,13-14H2,(H,28,30)(H,29,33)(H,31,32). The number of aromatic nitrogens is 1. The molecule has 2 unspecified atom stereocenters. The number of fused-ring (bicyclic) bond motifs is 3. The van der Waals surface area contributed by atoms with Gasteiger partial charge in [0, 0.05) is 17.9 Å². The Morgan fingerprint density at radius 3 is 2.37 bits per heavy atom. The maximum absolute atomic E-state index is 12.5. The Morgan fingerprint density at radius 2 is 1.71 bits per heavy atom. The second-order valence-corrected chi connectivity index (χ2v) is 9.93. The third-order valence-electron chi connectivity index (χ3n) is 6.65. The normalized spacial score (nSPS) is 18.5. The van der Waals surface area contributed by atoms with E-state index in [9.17, 15) is 14.4 Å². The molecule has 2 aromatic carbocycles. The van der Waals surface area contributed by atoms with E-state index in [1.54, 1.807) is 0 Å². The lowest BCUT2D eigenvalue weighted by molar-refractivity contribution is -0.125. The SMILES string of the molecule is O=C(NC1CCC(C(=O)NCc2ncc(C(=O)O)s2)C1)OCC1c2ccccc2-c2ccccc21. The fourth-order valence-electron chi connectivity index (χ4n) is 4.96. The van der Waals surface area contributed by atoms with Gasteiger partial charge < -0.3 is 20.5 Å². The molecular weight excluding hydrogens is 466 g/mol. The van der Waals surface area contributed by atoms with E-state index in [0.29, 0.717) is 24.3 Å². The van der Waals surface area contributed by atoms with E-state index >= 15 is 0 Å². The summed E-state index contributed by atoms with van der Waals surface area (Å²) >= 11 is 1.04. The topological polar surface area (TPSA) is 118 Å². The van der Waals surface area contributed by atoms with E-state index < -0.39 is 12.1 Å². The van der Waals surface area contributed by atoms with Gasteiger partial charge in [-0.1, -0.05) is 48.5 Å². The van der Waals surface area contributed by atoms with Crippen LogP contribution in [-0.2, 0) is 16.1 Å². The highest BCUT2D eigenvalue weighted by atomic mass is 32.1. The van der Waals surface area contributed by atoms with Crippen LogP contribution in [0.1, 0.15) is 51.0 Å². The summed E-state index contributed by atoms with van der Waals surface area (Å²) < 4.78 is 5.62. The molecular formula is C26H25N3O5S. The first-order valence-corrected chi connectivity index (χ1v) is 12.4. The van der Waals surface area contributed by atoms with Crippen LogP contribution in [0.15, 0.2) is 54.7 Å². The van der Waals surface area contributed by atoms with Gasteiger partial charge >= 0.3 is 12.1 Å². The molecule has 35 heavy (non-hydrogen) atoms. The van der Waals surface area contributed by atoms with E-state index in [1.807, 2.05) is 24.3 Å². The third-order valence-corrected chi connectivity index (χ3v) is 7.63. The average molecular weight is 492 g/mol. The molecule has 1 heterocycles. The molecule has 2 amide bonds. The number of nitrogens with one attached hydrogen (secondary N) is 2. The molecule has 2 aliphatic rings. The van der Waals surface area contributed by atoms with Crippen molar-refractivity contribution in [3.63, 3.8) is 0 Å². The molecule has 0 spiro atoms. The quantitative estimate of drug-likeness (QED) is 0.457. The molecule has 0 bridgehead atoms. The predicted octanol–water partition coefficient (Wildman–Crippen LogP) is 4.16. The molecule has 2 atom stereocenters. The van der Waals surface area contributed by atoms with E-state index in [-0.39, 0.29) is 41.8 Å². The fourth-order valence-corrected chi connectivity index (χ4v) is 5.65. The molecule has 1 saturated carbocycles. The lowest BCUT2D eigenvalue weighted by Crippen LogP contribution is -2.35. The highest BCUT2D eigenvalue weighted by Crippen LogP contribution is 2.44. The smallest absolute Gasteiger partial charge is 0.407 e. The molecule has 3 N–H and O–H groups in total. The van der Waals surface area contributed by atoms with Gasteiger partial charge in [-0.05, 0) is 41.5 Å². The van der Waals surface area contributed by atoms with Gasteiger partial charge in [-0.15, -0.1) is 11.3 Å². The number of carboxylic acids is 1. The summed E-state index contributed by atoms with van der Waals surface area (Å²) in [6.45, 7) is 0.445. The van der Waals surface area contributed by atoms with Gasteiger partial charge in [0.25, 0.3) is 0 Å². The van der Waals surface area contributed by atoms with Gasteiger partial charge in [-0.25, -0.2) is 14.6 Å². The van der Waals surface area contributed by atoms with Crippen molar-refractivity contribution in [2.45, 2.75) is 37.8 Å². The first-order chi connectivity index (χ1) is 17.0. The average Bonchev–Trinajstić information content (AvgIpc) is 3.59. The first kappa shape index (κ1) is 23.0. The molecule has 0 aliphatic heterocycles. The Bertz CT molecular complexity index is 1230. The summed E-state index contributed by atoms with van der Waals surface area (Å²) in [6, 6.07) is 16.3. The van der Waals surface area contributed by atoms with Crippen molar-refractivity contribution in [3.05, 3.63) is 75.7 Å². The van der Waals surface area contributed by atoms with Crippen molar-refractivity contribution in [1.82, 2.24) is 15.6 Å². The van der Waals surface area contributed by atoms with Crippen LogP contribution in [0.3, 0.4) is 0 Å². The molecule has 9 heteroatoms. The molecule has 5 rings (SSSR count). The van der Waals surface area contributed by atoms with Crippen LogP contribution in [0, 0.1) is 5.92 Å². The van der Waals surface area contributed by atoms with Crippen molar-refractivity contribution in [3.8, 4) is 11.1 Å². The third kappa shape index (κ3) is 4.90. The van der Waals surface area contributed by atoms with Crippen LogP contribution in [-0.4, -0.2) is 40.7 Å². The van der Waals surface area contributed by atoms with Crippen molar-refractivity contribution < 1.29 is 24.2 Å². The van der Waals surface area contributed by atoms with Crippen LogP contribution >= 0.6 is 11.3 Å². The van der Waals surface area contributed by atoms with Gasteiger partial charge in [0.05, 0.1) is 12.7 Å². The minimum absolute atomic E-state index is 0.00255. The minimum atomic E-state index is -1.03. The largest absolute Gasteiger partial charge is 0.477 e. The monoisotopic (exact) mass is 491 g/mol. The van der Waals surface area contributed by atoms with Crippen molar-refractivity contribution in [1.29, 1.82) is 0 Å². The molecule has 2 aliphatic carbocycles. The van der Waals surface area contributed by atoms with Gasteiger partial charge in [-0.3, -0.25) is 4.79 Å². The van der Waals surface area contributed by atoms with Gasteiger partial charge in [0.1, 0.15) is 16.5 Å². The first-order valence-electron chi connectivity index (χ1n) is 11.6. The lowest BCUT2D eigenvalue weighted by Gasteiger charge is -2.17. The Kier molecular flexibility index (Phi) is 6.50. The number of hydrogen-bond acceptors (Lipinski definition) is 6. The number of hydrogen-bond donors (Lipinski definition) is 3. The lowest BCUT2D eigenvalue weighted by atomic mass is 9.98. The fraction of sp³-hybridized carbons (Fsp3) is 0.308. The Morgan fingerprint density at radius 1 is 1.03 bits per heavy atom. The van der Waals surface area contributed by atoms with E-state index in [2.05, 4.69) is 39.9 Å². The summed E-state index contributed by atoms with van der Waals surface area (Å²) in [4.78, 5) is 40.2. The zero-order valence-corrected chi connectivity index (χ0v) is 19.7. The number of nitrogens with zero attached hydrogens (tertiary/aromatic N) is 1. The number of amides is 2. The number of thiazole rings is 1. The summed E-state index contributed by atoms with van der Waals surface area (Å²) in [5, 5.41) is 15.2. The summed E-state index contributed by atoms with van der Waals surface area (Å²) in [6.07, 6.45) is 2.72. The molecule has 0 saturated heterocycles. The van der Waals surface area contributed by atoms with Crippen LogP contribution in [0.5, 0.6) is 0 Å². The van der Waals surface area contributed by atoms with Gasteiger partial charge in [0.2, 0.25) is 5.91 Å². The van der Waals surface area contributed by atoms with Crippen LogP contribution < -0.4 is 10.6 Å². The Balaban J connectivity index is 1.10. The second-order valence-electron chi connectivity index (χ2n) is 8.82. The van der Waals surface area contributed by atoms with E-state index in [4.69, 9.17) is 9.84 Å². The van der Waals surface area contributed by atoms with E-state index in [0.717, 1.165) is 22.5 Å². The summed E-state index contributed by atoms with van der Waals surface area (Å²) in [5.41, 5.74) is 4.68. The number of benzene rings is 2. The number of carbonyl (C=O) groups excluding carboxylic acids is 2. The minimum Gasteiger partial charge on any atom is -0.477 e. The number of rotatable bonds is 7. The van der Waals surface area contributed by atoms with Gasteiger partial charge in [0.15, 0.2) is 0 Å². The number of carboxylic acid groups (broad SMARTS) is 1. The number of ether oxygens (including phenoxy) is 1. The Labute approximate surface area is 206 Å². The molecule has 1 fully saturated rings. The summed E-state index contributed by atoms with van der Waals surface area (Å²) in [5.74, 6) is -1.36. The number of carbonyl (C=O) groups is 3. The molecule has 180 valence electrons. The molecule has 3 aromatic rings. The molecule has 0 radical (unpaired) electrons. The van der Waals surface area contributed by atoms with Crippen molar-refractivity contribution in [2.24, 2.45) is 5.92 Å². The number of aromatic carboxylic acids is 1. The maximum Gasteiger partial charge on any atom is 0.407 e. The Hall–Kier alpha value is -3.72. The van der Waals surface area contributed by atoms with Gasteiger partial charge in [-0.2, -0.15) is 0 Å². The zero-order chi connectivity index (χ0) is 24.4. The predicted molar refractivity (Wildman–Crippen MR) is 130 cm³/mol. The van der Waals surface area contributed by atoms with Crippen molar-refractivity contribution >= 4 is 29.3 Å².